The maximum atomic E-state index is 10.7. The van der Waals surface area contributed by atoms with E-state index in [2.05, 4.69) is 10.3 Å². The Morgan fingerprint density at radius 1 is 1.50 bits per heavy atom. The van der Waals surface area contributed by atoms with E-state index in [0.29, 0.717) is 29.5 Å². The monoisotopic (exact) mass is 279 g/mol. The Hall–Kier alpha value is -2.15. The molecule has 108 valence electrons. The number of non-ortho nitro benzene ring substituents is 1. The lowest BCUT2D eigenvalue weighted by molar-refractivity contribution is -0.384. The topological polar surface area (TPSA) is 101 Å². The van der Waals surface area contributed by atoms with E-state index < -0.39 is 4.92 Å². The highest BCUT2D eigenvalue weighted by Crippen LogP contribution is 2.24. The fourth-order valence-electron chi connectivity index (χ4n) is 1.96. The Morgan fingerprint density at radius 3 is 2.85 bits per heavy atom. The number of hydrogen-bond acceptors (Lipinski definition) is 6. The zero-order chi connectivity index (χ0) is 14.7. The van der Waals surface area contributed by atoms with Crippen LogP contribution in [0.2, 0.25) is 0 Å². The van der Waals surface area contributed by atoms with Gasteiger partial charge in [-0.1, -0.05) is 13.8 Å². The van der Waals surface area contributed by atoms with Crippen molar-refractivity contribution in [3.63, 3.8) is 0 Å². The van der Waals surface area contributed by atoms with E-state index in [1.54, 1.807) is 6.07 Å². The van der Waals surface area contributed by atoms with Gasteiger partial charge in [-0.15, -0.1) is 0 Å². The number of hydrogen-bond donors (Lipinski definition) is 2. The molecule has 20 heavy (non-hydrogen) atoms. The van der Waals surface area contributed by atoms with Crippen LogP contribution < -0.4 is 5.32 Å². The number of fused-ring (bicyclic) bond motifs is 1. The minimum Gasteiger partial charge on any atom is -0.423 e. The van der Waals surface area contributed by atoms with Crippen LogP contribution in [0.1, 0.15) is 20.3 Å². The molecule has 7 nitrogen and oxygen atoms in total. The van der Waals surface area contributed by atoms with Gasteiger partial charge in [0.15, 0.2) is 5.58 Å². The van der Waals surface area contributed by atoms with Crippen LogP contribution in [0.4, 0.5) is 11.7 Å². The first kappa shape index (κ1) is 14.3. The van der Waals surface area contributed by atoms with Crippen molar-refractivity contribution in [3.05, 3.63) is 28.3 Å². The van der Waals surface area contributed by atoms with Gasteiger partial charge in [0.25, 0.3) is 11.7 Å². The summed E-state index contributed by atoms with van der Waals surface area (Å²) < 4.78 is 5.48. The molecule has 0 saturated carbocycles. The summed E-state index contributed by atoms with van der Waals surface area (Å²) in [4.78, 5) is 14.5. The molecule has 0 aliphatic rings. The second kappa shape index (κ2) is 5.87. The summed E-state index contributed by atoms with van der Waals surface area (Å²) in [6.07, 6.45) is 0.580. The fraction of sp³-hybridized carbons (Fsp3) is 0.462. The van der Waals surface area contributed by atoms with Crippen LogP contribution in [0.3, 0.4) is 0 Å². The number of rotatable bonds is 6. The van der Waals surface area contributed by atoms with Gasteiger partial charge in [-0.05, 0) is 18.4 Å². The van der Waals surface area contributed by atoms with E-state index >= 15 is 0 Å². The highest BCUT2D eigenvalue weighted by molar-refractivity contribution is 5.77. The van der Waals surface area contributed by atoms with E-state index in [1.165, 1.54) is 12.1 Å². The van der Waals surface area contributed by atoms with Crippen LogP contribution in [0.25, 0.3) is 11.1 Å². The number of aliphatic hydroxyl groups is 1. The lowest BCUT2D eigenvalue weighted by atomic mass is 10.0. The van der Waals surface area contributed by atoms with Crippen LogP contribution >= 0.6 is 0 Å². The molecule has 0 saturated heterocycles. The van der Waals surface area contributed by atoms with E-state index in [9.17, 15) is 10.1 Å². The molecule has 0 bridgehead atoms. The number of benzene rings is 1. The second-order valence-electron chi connectivity index (χ2n) is 4.94. The molecular formula is C13H17N3O4. The standard InChI is InChI=1S/C13H17N3O4/c1-8(2)10(5-6-17)14-13-15-11-4-3-9(16(18)19)7-12(11)20-13/h3-4,7-8,10,17H,5-6H2,1-2H3,(H,14,15). The molecule has 2 aromatic rings. The summed E-state index contributed by atoms with van der Waals surface area (Å²) in [6.45, 7) is 4.13. The second-order valence-corrected chi connectivity index (χ2v) is 4.94. The van der Waals surface area contributed by atoms with Gasteiger partial charge in [-0.2, -0.15) is 4.98 Å². The Morgan fingerprint density at radius 2 is 2.25 bits per heavy atom. The van der Waals surface area contributed by atoms with E-state index in [-0.39, 0.29) is 18.3 Å². The third kappa shape index (κ3) is 3.05. The average molecular weight is 279 g/mol. The SMILES string of the molecule is CC(C)C(CCO)Nc1nc2ccc([N+](=O)[O-])cc2o1. The van der Waals surface area contributed by atoms with E-state index in [0.717, 1.165) is 0 Å². The number of nitrogens with zero attached hydrogens (tertiary/aromatic N) is 2. The number of aliphatic hydroxyl groups excluding tert-OH is 1. The molecule has 7 heteroatoms. The number of nitro groups is 1. The number of aromatic nitrogens is 1. The van der Waals surface area contributed by atoms with E-state index in [1.807, 2.05) is 13.8 Å². The van der Waals surface area contributed by atoms with Crippen LogP contribution in [0, 0.1) is 16.0 Å². The molecule has 0 spiro atoms. The van der Waals surface area contributed by atoms with Crippen molar-refractivity contribution < 1.29 is 14.4 Å². The van der Waals surface area contributed by atoms with Crippen molar-refractivity contribution in [3.8, 4) is 0 Å². The van der Waals surface area contributed by atoms with Crippen molar-refractivity contribution in [2.45, 2.75) is 26.3 Å². The molecule has 1 atom stereocenters. The first-order chi connectivity index (χ1) is 9.51. The minimum atomic E-state index is -0.474. The largest absolute Gasteiger partial charge is 0.423 e. The number of anilines is 1. The van der Waals surface area contributed by atoms with Gasteiger partial charge in [0, 0.05) is 18.7 Å². The summed E-state index contributed by atoms with van der Waals surface area (Å²) in [7, 11) is 0. The molecule has 1 aromatic heterocycles. The zero-order valence-electron chi connectivity index (χ0n) is 11.4. The maximum Gasteiger partial charge on any atom is 0.295 e. The van der Waals surface area contributed by atoms with Crippen molar-refractivity contribution in [2.24, 2.45) is 5.92 Å². The van der Waals surface area contributed by atoms with Gasteiger partial charge in [0.2, 0.25) is 0 Å². The highest BCUT2D eigenvalue weighted by atomic mass is 16.6. The van der Waals surface area contributed by atoms with Gasteiger partial charge in [0.1, 0.15) is 5.52 Å². The van der Waals surface area contributed by atoms with Crippen molar-refractivity contribution in [2.75, 3.05) is 11.9 Å². The van der Waals surface area contributed by atoms with E-state index in [4.69, 9.17) is 9.52 Å². The van der Waals surface area contributed by atoms with Crippen LogP contribution in [0.15, 0.2) is 22.6 Å². The molecule has 1 aromatic carbocycles. The summed E-state index contributed by atoms with van der Waals surface area (Å²) >= 11 is 0. The Kier molecular flexibility index (Phi) is 4.19. The molecule has 0 fully saturated rings. The third-order valence-electron chi connectivity index (χ3n) is 3.14. The van der Waals surface area contributed by atoms with Crippen molar-refractivity contribution in [1.82, 2.24) is 4.98 Å². The van der Waals surface area contributed by atoms with Gasteiger partial charge >= 0.3 is 0 Å². The lowest BCUT2D eigenvalue weighted by Crippen LogP contribution is -2.26. The predicted molar refractivity (Wildman–Crippen MR) is 74.6 cm³/mol. The molecule has 2 rings (SSSR count). The van der Waals surface area contributed by atoms with Gasteiger partial charge < -0.3 is 14.8 Å². The fourth-order valence-corrected chi connectivity index (χ4v) is 1.96. The van der Waals surface area contributed by atoms with Gasteiger partial charge in [0.05, 0.1) is 11.0 Å². The van der Waals surface area contributed by atoms with Crippen LogP contribution in [-0.4, -0.2) is 27.7 Å². The highest BCUT2D eigenvalue weighted by Gasteiger charge is 2.17. The summed E-state index contributed by atoms with van der Waals surface area (Å²) in [5, 5.41) is 22.8. The quantitative estimate of drug-likeness (QED) is 0.622. The molecule has 1 heterocycles. The smallest absolute Gasteiger partial charge is 0.295 e. The molecule has 0 aliphatic carbocycles. The number of nitro benzene ring substituents is 1. The number of oxazole rings is 1. The summed E-state index contributed by atoms with van der Waals surface area (Å²) in [5.41, 5.74) is 0.897. The molecule has 0 amide bonds. The van der Waals surface area contributed by atoms with Crippen molar-refractivity contribution >= 4 is 22.8 Å². The summed E-state index contributed by atoms with van der Waals surface area (Å²) in [6, 6.07) is 4.64. The lowest BCUT2D eigenvalue weighted by Gasteiger charge is -2.19. The Bertz CT molecular complexity index is 609. The maximum absolute atomic E-state index is 10.7. The Labute approximate surface area is 115 Å². The number of nitrogens with one attached hydrogen (secondary N) is 1. The average Bonchev–Trinajstić information content (AvgIpc) is 2.79. The van der Waals surface area contributed by atoms with Gasteiger partial charge in [-0.3, -0.25) is 10.1 Å². The van der Waals surface area contributed by atoms with Gasteiger partial charge in [-0.25, -0.2) is 0 Å². The molecular weight excluding hydrogens is 262 g/mol. The normalized spacial score (nSPS) is 12.8. The minimum absolute atomic E-state index is 0.0306. The zero-order valence-corrected chi connectivity index (χ0v) is 11.4. The summed E-state index contributed by atoms with van der Waals surface area (Å²) in [5.74, 6) is 0.298. The Balaban J connectivity index is 2.24. The molecule has 0 radical (unpaired) electrons. The van der Waals surface area contributed by atoms with Crippen LogP contribution in [0.5, 0.6) is 0 Å². The first-order valence-corrected chi connectivity index (χ1v) is 6.43. The van der Waals surface area contributed by atoms with Crippen molar-refractivity contribution in [1.29, 1.82) is 0 Å². The molecule has 0 aliphatic heterocycles. The first-order valence-electron chi connectivity index (χ1n) is 6.43. The third-order valence-corrected chi connectivity index (χ3v) is 3.14. The van der Waals surface area contributed by atoms with Crippen LogP contribution in [-0.2, 0) is 0 Å². The predicted octanol–water partition coefficient (Wildman–Crippen LogP) is 2.55. The molecule has 1 unspecified atom stereocenters. The molecule has 2 N–H and O–H groups in total.